The number of nitrogens with two attached hydrogens (primary N) is 1. The monoisotopic (exact) mass is 327 g/mol. The van der Waals surface area contributed by atoms with Crippen molar-refractivity contribution >= 4 is 27.5 Å². The van der Waals surface area contributed by atoms with Crippen LogP contribution in [-0.4, -0.2) is 25.0 Å². The highest BCUT2D eigenvalue weighted by Gasteiger charge is 2.14. The Kier molecular flexibility index (Phi) is 6.31. The molecule has 0 atom stereocenters. The molecule has 1 rings (SSSR count). The van der Waals surface area contributed by atoms with E-state index in [0.29, 0.717) is 13.1 Å². The van der Waals surface area contributed by atoms with Crippen LogP contribution in [-0.2, 0) is 11.3 Å². The summed E-state index contributed by atoms with van der Waals surface area (Å²) in [6, 6.07) is 6.08. The molecule has 0 unspecified atom stereocenters. The quantitative estimate of drug-likeness (QED) is 0.842. The Morgan fingerprint density at radius 1 is 1.47 bits per heavy atom. The van der Waals surface area contributed by atoms with Gasteiger partial charge < -0.3 is 16.0 Å². The molecule has 0 heterocycles. The van der Waals surface area contributed by atoms with E-state index in [1.165, 1.54) is 0 Å². The van der Waals surface area contributed by atoms with Crippen molar-refractivity contribution in [1.29, 1.82) is 0 Å². The molecule has 0 bridgehead atoms. The summed E-state index contributed by atoms with van der Waals surface area (Å²) in [5, 5.41) is 2.91. The van der Waals surface area contributed by atoms with Crippen LogP contribution >= 0.6 is 15.9 Å². The second-order valence-corrected chi connectivity index (χ2v) is 5.53. The van der Waals surface area contributed by atoms with Crippen molar-refractivity contribution in [3.8, 4) is 0 Å². The Bertz CT molecular complexity index is 435. The molecule has 0 radical (unpaired) electrons. The van der Waals surface area contributed by atoms with Gasteiger partial charge in [0.1, 0.15) is 0 Å². The maximum atomic E-state index is 11.9. The molecule has 106 valence electrons. The number of hydrogen-bond acceptors (Lipinski definition) is 3. The zero-order valence-electron chi connectivity index (χ0n) is 11.7. The molecule has 0 spiro atoms. The Hall–Kier alpha value is -1.07. The Labute approximate surface area is 123 Å². The number of rotatable bonds is 6. The molecule has 0 fully saturated rings. The minimum atomic E-state index is 0.0276. The van der Waals surface area contributed by atoms with Crippen LogP contribution < -0.4 is 16.0 Å². The number of nitrogens with one attached hydrogen (secondary N) is 1. The number of anilines is 1. The van der Waals surface area contributed by atoms with Crippen LogP contribution in [0.5, 0.6) is 0 Å². The number of hydrogen-bond donors (Lipinski definition) is 2. The van der Waals surface area contributed by atoms with Crippen LogP contribution in [0.1, 0.15) is 26.3 Å². The average molecular weight is 328 g/mol. The van der Waals surface area contributed by atoms with E-state index in [1.807, 2.05) is 43.9 Å². The number of halogens is 1. The van der Waals surface area contributed by atoms with Gasteiger partial charge >= 0.3 is 0 Å². The first-order chi connectivity index (χ1) is 8.99. The Morgan fingerprint density at radius 3 is 2.68 bits per heavy atom. The molecule has 0 aromatic heterocycles. The summed E-state index contributed by atoms with van der Waals surface area (Å²) in [4.78, 5) is 13.9. The lowest BCUT2D eigenvalue weighted by molar-refractivity contribution is -0.120. The van der Waals surface area contributed by atoms with Crippen molar-refractivity contribution in [2.45, 2.75) is 33.4 Å². The first kappa shape index (κ1) is 16.0. The maximum absolute atomic E-state index is 11.9. The topological polar surface area (TPSA) is 58.4 Å². The Morgan fingerprint density at radius 2 is 2.16 bits per heavy atom. The third kappa shape index (κ3) is 4.51. The zero-order valence-corrected chi connectivity index (χ0v) is 13.3. The fourth-order valence-corrected chi connectivity index (χ4v) is 2.47. The molecular weight excluding hydrogens is 306 g/mol. The van der Waals surface area contributed by atoms with Gasteiger partial charge in [0.05, 0.1) is 6.54 Å². The minimum Gasteiger partial charge on any atom is -0.362 e. The second-order valence-electron chi connectivity index (χ2n) is 4.68. The average Bonchev–Trinajstić information content (AvgIpc) is 2.34. The first-order valence-electron chi connectivity index (χ1n) is 6.51. The Balaban J connectivity index is 2.91. The summed E-state index contributed by atoms with van der Waals surface area (Å²) in [6.07, 6.45) is 0. The van der Waals surface area contributed by atoms with Gasteiger partial charge in [-0.3, -0.25) is 4.79 Å². The van der Waals surface area contributed by atoms with Crippen LogP contribution in [0.25, 0.3) is 0 Å². The highest BCUT2D eigenvalue weighted by atomic mass is 79.9. The first-order valence-corrected chi connectivity index (χ1v) is 7.30. The lowest BCUT2D eigenvalue weighted by atomic mass is 10.1. The van der Waals surface area contributed by atoms with E-state index < -0.39 is 0 Å². The summed E-state index contributed by atoms with van der Waals surface area (Å²) in [7, 11) is 0. The predicted molar refractivity (Wildman–Crippen MR) is 83.2 cm³/mol. The number of nitrogens with zero attached hydrogens (tertiary/aromatic N) is 1. The van der Waals surface area contributed by atoms with Crippen molar-refractivity contribution in [1.82, 2.24) is 5.32 Å². The molecule has 0 saturated heterocycles. The third-order valence-corrected chi connectivity index (χ3v) is 3.55. The van der Waals surface area contributed by atoms with E-state index in [0.717, 1.165) is 22.3 Å². The van der Waals surface area contributed by atoms with Gasteiger partial charge in [-0.25, -0.2) is 0 Å². The van der Waals surface area contributed by atoms with Gasteiger partial charge in [0, 0.05) is 34.9 Å². The lowest BCUT2D eigenvalue weighted by Gasteiger charge is -2.26. The maximum Gasteiger partial charge on any atom is 0.239 e. The van der Waals surface area contributed by atoms with E-state index >= 15 is 0 Å². The fraction of sp³-hybridized carbons (Fsp3) is 0.500. The number of carbonyl (C=O) groups is 1. The number of benzene rings is 1. The molecule has 0 aliphatic rings. The van der Waals surface area contributed by atoms with Crippen molar-refractivity contribution in [3.63, 3.8) is 0 Å². The van der Waals surface area contributed by atoms with Crippen molar-refractivity contribution in [2.24, 2.45) is 5.73 Å². The minimum absolute atomic E-state index is 0.0276. The molecule has 0 aliphatic heterocycles. The van der Waals surface area contributed by atoms with Crippen LogP contribution in [0.2, 0.25) is 0 Å². The van der Waals surface area contributed by atoms with Crippen LogP contribution in [0.4, 0.5) is 5.69 Å². The number of likely N-dealkylation sites (N-methyl/N-ethyl adjacent to an activating group) is 1. The SMILES string of the molecule is CCN(CC(=O)NC(C)C)c1cccc(Br)c1CN. The molecule has 5 heteroatoms. The van der Waals surface area contributed by atoms with Crippen LogP contribution in [0.15, 0.2) is 22.7 Å². The van der Waals surface area contributed by atoms with Crippen LogP contribution in [0, 0.1) is 0 Å². The van der Waals surface area contributed by atoms with Crippen molar-refractivity contribution < 1.29 is 4.79 Å². The zero-order chi connectivity index (χ0) is 14.4. The summed E-state index contributed by atoms with van der Waals surface area (Å²) >= 11 is 3.50. The highest BCUT2D eigenvalue weighted by Crippen LogP contribution is 2.27. The van der Waals surface area contributed by atoms with E-state index in [2.05, 4.69) is 21.2 Å². The number of carbonyl (C=O) groups excluding carboxylic acids is 1. The summed E-state index contributed by atoms with van der Waals surface area (Å²) in [5.41, 5.74) is 7.84. The predicted octanol–water partition coefficient (Wildman–Crippen LogP) is 2.26. The summed E-state index contributed by atoms with van der Waals surface area (Å²) in [6.45, 7) is 7.49. The molecule has 0 saturated carbocycles. The van der Waals surface area contributed by atoms with E-state index in [-0.39, 0.29) is 11.9 Å². The molecule has 3 N–H and O–H groups in total. The number of amides is 1. The molecular formula is C14H22BrN3O. The molecule has 1 aromatic carbocycles. The molecule has 0 aliphatic carbocycles. The standard InChI is InChI=1S/C14H22BrN3O/c1-4-18(9-14(19)17-10(2)3)13-7-5-6-12(15)11(13)8-16/h5-7,10H,4,8-9,16H2,1-3H3,(H,17,19). The molecule has 4 nitrogen and oxygen atoms in total. The van der Waals surface area contributed by atoms with Gasteiger partial charge in [-0.1, -0.05) is 22.0 Å². The fourth-order valence-electron chi connectivity index (χ4n) is 1.95. The smallest absolute Gasteiger partial charge is 0.239 e. The normalized spacial score (nSPS) is 10.6. The lowest BCUT2D eigenvalue weighted by Crippen LogP contribution is -2.40. The summed E-state index contributed by atoms with van der Waals surface area (Å²) in [5.74, 6) is 0.0276. The van der Waals surface area contributed by atoms with Gasteiger partial charge in [0.2, 0.25) is 5.91 Å². The van der Waals surface area contributed by atoms with Gasteiger partial charge in [-0.05, 0) is 32.9 Å². The molecule has 19 heavy (non-hydrogen) atoms. The second kappa shape index (κ2) is 7.50. The van der Waals surface area contributed by atoms with Crippen molar-refractivity contribution in [3.05, 3.63) is 28.2 Å². The van der Waals surface area contributed by atoms with Gasteiger partial charge in [-0.2, -0.15) is 0 Å². The van der Waals surface area contributed by atoms with E-state index in [9.17, 15) is 4.79 Å². The van der Waals surface area contributed by atoms with Crippen molar-refractivity contribution in [2.75, 3.05) is 18.0 Å². The highest BCUT2D eigenvalue weighted by molar-refractivity contribution is 9.10. The molecule has 1 amide bonds. The summed E-state index contributed by atoms with van der Waals surface area (Å²) < 4.78 is 0.982. The molecule has 1 aromatic rings. The largest absolute Gasteiger partial charge is 0.362 e. The van der Waals surface area contributed by atoms with Gasteiger partial charge in [-0.15, -0.1) is 0 Å². The van der Waals surface area contributed by atoms with Gasteiger partial charge in [0.15, 0.2) is 0 Å². The third-order valence-electron chi connectivity index (χ3n) is 2.80. The van der Waals surface area contributed by atoms with Crippen LogP contribution in [0.3, 0.4) is 0 Å². The van der Waals surface area contributed by atoms with Gasteiger partial charge in [0.25, 0.3) is 0 Å². The van der Waals surface area contributed by atoms with E-state index in [4.69, 9.17) is 5.73 Å². The van der Waals surface area contributed by atoms with E-state index in [1.54, 1.807) is 0 Å².